The summed E-state index contributed by atoms with van der Waals surface area (Å²) >= 11 is 6.21. The Kier molecular flexibility index (Phi) is 4.42. The molecule has 0 aromatic carbocycles. The predicted octanol–water partition coefficient (Wildman–Crippen LogP) is 2.45. The lowest BCUT2D eigenvalue weighted by Gasteiger charge is -2.26. The maximum absolute atomic E-state index is 11.8. The summed E-state index contributed by atoms with van der Waals surface area (Å²) in [5, 5.41) is 13.4. The second-order valence-corrected chi connectivity index (χ2v) is 5.35. The number of aromatic nitrogens is 1. The van der Waals surface area contributed by atoms with Gasteiger partial charge in [-0.05, 0) is 29.7 Å². The van der Waals surface area contributed by atoms with Crippen LogP contribution in [-0.2, 0) is 0 Å². The summed E-state index contributed by atoms with van der Waals surface area (Å²) in [6, 6.07) is 2.69. The van der Waals surface area contributed by atoms with Gasteiger partial charge in [0.1, 0.15) is 0 Å². The summed E-state index contributed by atoms with van der Waals surface area (Å²) in [7, 11) is 0. The maximum atomic E-state index is 11.8. The van der Waals surface area contributed by atoms with Gasteiger partial charge in [0.15, 0.2) is 5.69 Å². The van der Waals surface area contributed by atoms with E-state index in [1.807, 2.05) is 0 Å². The van der Waals surface area contributed by atoms with Crippen LogP contribution in [0.2, 0.25) is 0 Å². The number of alkyl halides is 1. The second-order valence-electron chi connectivity index (χ2n) is 4.78. The highest BCUT2D eigenvalue weighted by molar-refractivity contribution is 6.20. The van der Waals surface area contributed by atoms with E-state index in [0.717, 1.165) is 25.7 Å². The summed E-state index contributed by atoms with van der Waals surface area (Å²) < 4.78 is 0. The van der Waals surface area contributed by atoms with Gasteiger partial charge in [-0.25, -0.2) is 4.98 Å². The third-order valence-corrected chi connectivity index (χ3v) is 4.03. The Morgan fingerprint density at radius 2 is 2.21 bits per heavy atom. The van der Waals surface area contributed by atoms with Crippen LogP contribution in [0.4, 0.5) is 5.82 Å². The monoisotopic (exact) mass is 285 g/mol. The van der Waals surface area contributed by atoms with E-state index in [2.05, 4.69) is 10.3 Å². The van der Waals surface area contributed by atoms with Gasteiger partial charge in [-0.1, -0.05) is 12.8 Å². The zero-order chi connectivity index (χ0) is 13.8. The van der Waals surface area contributed by atoms with Crippen molar-refractivity contribution in [1.29, 1.82) is 0 Å². The normalized spacial score (nSPS) is 23.0. The molecule has 2 atom stereocenters. The predicted molar refractivity (Wildman–Crippen MR) is 71.4 cm³/mol. The van der Waals surface area contributed by atoms with Crippen LogP contribution in [0.5, 0.6) is 0 Å². The molecule has 104 valence electrons. The zero-order valence-electron chi connectivity index (χ0n) is 10.4. The molecule has 2 rings (SSSR count). The van der Waals surface area contributed by atoms with E-state index in [4.69, 9.17) is 11.6 Å². The number of nitro groups is 1. The van der Waals surface area contributed by atoms with Gasteiger partial charge in [0.05, 0.1) is 0 Å². The van der Waals surface area contributed by atoms with E-state index < -0.39 is 4.92 Å². The molecule has 2 N–H and O–H groups in total. The molecule has 6 nitrogen and oxygen atoms in total. The van der Waals surface area contributed by atoms with Gasteiger partial charge >= 0.3 is 5.82 Å². The summed E-state index contributed by atoms with van der Waals surface area (Å²) in [5.74, 6) is -0.232. The molecule has 19 heavy (non-hydrogen) atoms. The fourth-order valence-electron chi connectivity index (χ4n) is 2.33. The van der Waals surface area contributed by atoms with Crippen LogP contribution in [0, 0.1) is 16.0 Å². The molecule has 1 aromatic heterocycles. The molecule has 1 heterocycles. The van der Waals surface area contributed by atoms with Crippen LogP contribution < -0.4 is 5.32 Å². The first kappa shape index (κ1) is 13.9. The number of amides is 1. The van der Waals surface area contributed by atoms with Crippen molar-refractivity contribution in [2.45, 2.75) is 31.1 Å². The standard InChI is InChI=1S/C12H16ClN3O3/c13-9-4-2-1-3-8(9)7-14-12(17)10-5-6-11(15-10)16(18)19/h5-6,8-9,15H,1-4,7H2,(H,14,17). The van der Waals surface area contributed by atoms with Gasteiger partial charge in [-0.2, -0.15) is 0 Å². The molecule has 1 aromatic rings. The molecule has 1 aliphatic rings. The molecule has 0 radical (unpaired) electrons. The number of hydrogen-bond donors (Lipinski definition) is 2. The highest BCUT2D eigenvalue weighted by Crippen LogP contribution is 2.28. The zero-order valence-corrected chi connectivity index (χ0v) is 11.2. The number of aromatic amines is 1. The van der Waals surface area contributed by atoms with E-state index in [-0.39, 0.29) is 28.7 Å². The third kappa shape index (κ3) is 3.47. The summed E-state index contributed by atoms with van der Waals surface area (Å²) in [5.41, 5.74) is 0.202. The molecule has 1 fully saturated rings. The fraction of sp³-hybridized carbons (Fsp3) is 0.583. The highest BCUT2D eigenvalue weighted by atomic mass is 35.5. The quantitative estimate of drug-likeness (QED) is 0.506. The number of rotatable bonds is 4. The smallest absolute Gasteiger partial charge is 0.321 e. The topological polar surface area (TPSA) is 88.0 Å². The van der Waals surface area contributed by atoms with Crippen molar-refractivity contribution in [3.8, 4) is 0 Å². The van der Waals surface area contributed by atoms with Gasteiger partial charge in [-0.15, -0.1) is 11.6 Å². The molecular formula is C12H16ClN3O3. The van der Waals surface area contributed by atoms with E-state index in [9.17, 15) is 14.9 Å². The summed E-state index contributed by atoms with van der Waals surface area (Å²) in [4.78, 5) is 24.2. The molecular weight excluding hydrogens is 270 g/mol. The molecule has 2 unspecified atom stereocenters. The van der Waals surface area contributed by atoms with E-state index in [1.54, 1.807) is 0 Å². The Morgan fingerprint density at radius 3 is 2.84 bits per heavy atom. The minimum absolute atomic E-state index is 0.104. The molecule has 0 saturated heterocycles. The number of halogens is 1. The number of hydrogen-bond acceptors (Lipinski definition) is 3. The molecule has 7 heteroatoms. The van der Waals surface area contributed by atoms with Crippen molar-refractivity contribution in [1.82, 2.24) is 10.3 Å². The highest BCUT2D eigenvalue weighted by Gasteiger charge is 2.24. The largest absolute Gasteiger partial charge is 0.358 e. The van der Waals surface area contributed by atoms with Gasteiger partial charge in [0, 0.05) is 18.0 Å². The van der Waals surface area contributed by atoms with Gasteiger partial charge in [0.2, 0.25) is 0 Å². The molecule has 1 saturated carbocycles. The first-order valence-corrected chi connectivity index (χ1v) is 6.77. The SMILES string of the molecule is O=C(NCC1CCCCC1Cl)c1ccc([N+](=O)[O-])[nH]1. The number of nitrogens with one attached hydrogen (secondary N) is 2. The first-order chi connectivity index (χ1) is 9.08. The van der Waals surface area contributed by atoms with Gasteiger partial charge in [-0.3, -0.25) is 4.79 Å². The Labute approximate surface area is 115 Å². The van der Waals surface area contributed by atoms with Crippen LogP contribution in [0.1, 0.15) is 36.2 Å². The van der Waals surface area contributed by atoms with Crippen molar-refractivity contribution >= 4 is 23.3 Å². The van der Waals surface area contributed by atoms with Crippen molar-refractivity contribution in [2.24, 2.45) is 5.92 Å². The first-order valence-electron chi connectivity index (χ1n) is 6.33. The average molecular weight is 286 g/mol. The van der Waals surface area contributed by atoms with E-state index in [1.165, 1.54) is 12.1 Å². The average Bonchev–Trinajstić information content (AvgIpc) is 2.87. The van der Waals surface area contributed by atoms with Gasteiger partial charge in [0.25, 0.3) is 5.91 Å². The van der Waals surface area contributed by atoms with Crippen molar-refractivity contribution < 1.29 is 9.72 Å². The summed E-state index contributed by atoms with van der Waals surface area (Å²) in [6.45, 7) is 0.514. The van der Waals surface area contributed by atoms with Crippen LogP contribution in [-0.4, -0.2) is 27.7 Å². The Bertz CT molecular complexity index is 475. The molecule has 0 spiro atoms. The van der Waals surface area contributed by atoms with Gasteiger partial charge < -0.3 is 15.4 Å². The van der Waals surface area contributed by atoms with Crippen LogP contribution in [0.15, 0.2) is 12.1 Å². The number of carbonyl (C=O) groups is 1. The Hall–Kier alpha value is -1.56. The fourth-order valence-corrected chi connectivity index (χ4v) is 2.70. The lowest BCUT2D eigenvalue weighted by Crippen LogP contribution is -2.34. The van der Waals surface area contributed by atoms with E-state index in [0.29, 0.717) is 6.54 Å². The van der Waals surface area contributed by atoms with Crippen LogP contribution in [0.3, 0.4) is 0 Å². The van der Waals surface area contributed by atoms with E-state index >= 15 is 0 Å². The van der Waals surface area contributed by atoms with Crippen molar-refractivity contribution in [2.75, 3.05) is 6.54 Å². The summed E-state index contributed by atoms with van der Waals surface area (Å²) in [6.07, 6.45) is 4.27. The lowest BCUT2D eigenvalue weighted by atomic mass is 9.89. The number of H-pyrrole nitrogens is 1. The molecule has 1 amide bonds. The number of nitrogens with zero attached hydrogens (tertiary/aromatic N) is 1. The van der Waals surface area contributed by atoms with Crippen LogP contribution >= 0.6 is 11.6 Å². The second kappa shape index (κ2) is 6.06. The minimum Gasteiger partial charge on any atom is -0.358 e. The molecule has 0 aliphatic heterocycles. The lowest BCUT2D eigenvalue weighted by molar-refractivity contribution is -0.389. The van der Waals surface area contributed by atoms with Crippen molar-refractivity contribution in [3.05, 3.63) is 27.9 Å². The third-order valence-electron chi connectivity index (χ3n) is 3.45. The van der Waals surface area contributed by atoms with Crippen molar-refractivity contribution in [3.63, 3.8) is 0 Å². The Balaban J connectivity index is 1.88. The minimum atomic E-state index is -0.563. The maximum Gasteiger partial charge on any atom is 0.321 e. The van der Waals surface area contributed by atoms with Crippen LogP contribution in [0.25, 0.3) is 0 Å². The molecule has 1 aliphatic carbocycles. The Morgan fingerprint density at radius 1 is 1.47 bits per heavy atom. The number of carbonyl (C=O) groups excluding carboxylic acids is 1. The molecule has 0 bridgehead atoms.